The molecule has 8 nitrogen and oxygen atoms in total. The summed E-state index contributed by atoms with van der Waals surface area (Å²) in [6.07, 6.45) is 2.28. The second kappa shape index (κ2) is 7.98. The highest BCUT2D eigenvalue weighted by atomic mass is 16.6. The summed E-state index contributed by atoms with van der Waals surface area (Å²) in [5, 5.41) is 7.52. The second-order valence-electron chi connectivity index (χ2n) is 7.40. The number of nitrogens with zero attached hydrogens (tertiary/aromatic N) is 4. The van der Waals surface area contributed by atoms with E-state index in [9.17, 15) is 9.59 Å². The molecule has 0 bridgehead atoms. The number of hydrogen-bond acceptors (Lipinski definition) is 6. The van der Waals surface area contributed by atoms with Gasteiger partial charge in [-0.25, -0.2) is 9.61 Å². The van der Waals surface area contributed by atoms with Crippen LogP contribution in [-0.2, 0) is 17.6 Å². The predicted molar refractivity (Wildman–Crippen MR) is 105 cm³/mol. The first-order valence-electron chi connectivity index (χ1n) is 9.74. The zero-order chi connectivity index (χ0) is 20.4. The lowest BCUT2D eigenvalue weighted by atomic mass is 10.0. The number of carbonyl (C=O) groups is 1. The van der Waals surface area contributed by atoms with Crippen LogP contribution >= 0.6 is 0 Å². The Balaban J connectivity index is 1.56. The minimum atomic E-state index is -0.236. The van der Waals surface area contributed by atoms with Gasteiger partial charge in [0.2, 0.25) is 5.91 Å². The molecule has 0 aliphatic carbocycles. The zero-order valence-corrected chi connectivity index (χ0v) is 16.5. The molecule has 1 N–H and O–H groups in total. The highest BCUT2D eigenvalue weighted by molar-refractivity contribution is 5.79. The van der Waals surface area contributed by atoms with Gasteiger partial charge in [-0.1, -0.05) is 40.6 Å². The molecule has 1 saturated heterocycles. The quantitative estimate of drug-likeness (QED) is 0.713. The Hall–Kier alpha value is -3.29. The van der Waals surface area contributed by atoms with Gasteiger partial charge in [0, 0.05) is 24.2 Å². The number of nitrogens with one attached hydrogen (secondary N) is 1. The summed E-state index contributed by atoms with van der Waals surface area (Å²) < 4.78 is 4.68. The molecule has 1 aliphatic heterocycles. The Bertz CT molecular complexity index is 1070. The Morgan fingerprint density at radius 2 is 2.00 bits per heavy atom. The molecule has 8 heteroatoms. The first-order valence-corrected chi connectivity index (χ1v) is 9.74. The number of hydrogen-bond donors (Lipinski definition) is 1. The average molecular weight is 393 g/mol. The van der Waals surface area contributed by atoms with Crippen LogP contribution in [0.15, 0.2) is 39.8 Å². The standard InChI is InChI=1S/C21H23N5O3/c1-13-16(11-15-7-4-3-5-8-15)21(28)23-20(22-13)18-9-6-10-26(18)19(27)12-17-14(2)24-29-25-17/h3-5,7-8,18H,6,9-12H2,1-2H3,(H,22,23,28)/t18-/m1/s1. The molecule has 4 rings (SSSR count). The molecule has 0 spiro atoms. The van der Waals surface area contributed by atoms with Gasteiger partial charge < -0.3 is 9.88 Å². The van der Waals surface area contributed by atoms with E-state index >= 15 is 0 Å². The summed E-state index contributed by atoms with van der Waals surface area (Å²) in [7, 11) is 0. The van der Waals surface area contributed by atoms with E-state index in [1.54, 1.807) is 11.8 Å². The van der Waals surface area contributed by atoms with Crippen LogP contribution in [0.2, 0.25) is 0 Å². The van der Waals surface area contributed by atoms with Gasteiger partial charge >= 0.3 is 0 Å². The van der Waals surface area contributed by atoms with Crippen LogP contribution in [0.4, 0.5) is 0 Å². The molecule has 0 radical (unpaired) electrons. The van der Waals surface area contributed by atoms with Crippen molar-refractivity contribution in [3.63, 3.8) is 0 Å². The van der Waals surface area contributed by atoms with Gasteiger partial charge in [-0.15, -0.1) is 0 Å². The lowest BCUT2D eigenvalue weighted by molar-refractivity contribution is -0.131. The number of aromatic nitrogens is 4. The molecule has 3 aromatic rings. The van der Waals surface area contributed by atoms with Crippen molar-refractivity contribution in [3.05, 3.63) is 74.7 Å². The maximum Gasteiger partial charge on any atom is 0.254 e. The minimum Gasteiger partial charge on any atom is -0.332 e. The Kier molecular flexibility index (Phi) is 5.24. The first-order chi connectivity index (χ1) is 14.0. The minimum absolute atomic E-state index is 0.0695. The summed E-state index contributed by atoms with van der Waals surface area (Å²) >= 11 is 0. The van der Waals surface area contributed by atoms with Crippen molar-refractivity contribution in [2.45, 2.75) is 45.6 Å². The number of amides is 1. The molecule has 1 aromatic carbocycles. The fourth-order valence-electron chi connectivity index (χ4n) is 3.80. The smallest absolute Gasteiger partial charge is 0.254 e. The third kappa shape index (κ3) is 3.96. The number of likely N-dealkylation sites (tertiary alicyclic amines) is 1. The van der Waals surface area contributed by atoms with Crippen LogP contribution in [0.25, 0.3) is 0 Å². The highest BCUT2D eigenvalue weighted by Gasteiger charge is 2.32. The monoisotopic (exact) mass is 393 g/mol. The summed E-state index contributed by atoms with van der Waals surface area (Å²) in [4.78, 5) is 35.0. The third-order valence-corrected chi connectivity index (χ3v) is 5.42. The van der Waals surface area contributed by atoms with Gasteiger partial charge in [0.15, 0.2) is 0 Å². The molecule has 1 atom stereocenters. The van der Waals surface area contributed by atoms with Crippen LogP contribution in [0.1, 0.15) is 52.9 Å². The van der Waals surface area contributed by atoms with Crippen LogP contribution < -0.4 is 5.56 Å². The van der Waals surface area contributed by atoms with Crippen molar-refractivity contribution in [1.29, 1.82) is 0 Å². The Morgan fingerprint density at radius 3 is 2.69 bits per heavy atom. The van der Waals surface area contributed by atoms with Gasteiger partial charge in [-0.2, -0.15) is 0 Å². The Labute approximate surface area is 167 Å². The highest BCUT2D eigenvalue weighted by Crippen LogP contribution is 2.30. The van der Waals surface area contributed by atoms with Crippen molar-refractivity contribution in [2.75, 3.05) is 6.54 Å². The predicted octanol–water partition coefficient (Wildman–Crippen LogP) is 2.27. The van der Waals surface area contributed by atoms with Crippen LogP contribution in [0.5, 0.6) is 0 Å². The lowest BCUT2D eigenvalue weighted by Crippen LogP contribution is -2.34. The van der Waals surface area contributed by atoms with E-state index in [0.717, 1.165) is 18.4 Å². The summed E-state index contributed by atoms with van der Waals surface area (Å²) in [5.74, 6) is 0.477. The molecule has 150 valence electrons. The molecule has 0 saturated carbocycles. The molecule has 1 amide bonds. The van der Waals surface area contributed by atoms with Gasteiger partial charge in [0.1, 0.15) is 17.2 Å². The lowest BCUT2D eigenvalue weighted by Gasteiger charge is -2.24. The number of aryl methyl sites for hydroxylation is 2. The largest absolute Gasteiger partial charge is 0.332 e. The topological polar surface area (TPSA) is 105 Å². The molecule has 0 unspecified atom stereocenters. The van der Waals surface area contributed by atoms with E-state index < -0.39 is 0 Å². The first kappa shape index (κ1) is 19.0. The van der Waals surface area contributed by atoms with E-state index in [1.807, 2.05) is 37.3 Å². The van der Waals surface area contributed by atoms with Crippen molar-refractivity contribution in [1.82, 2.24) is 25.2 Å². The number of H-pyrrole nitrogens is 1. The number of aromatic amines is 1. The normalized spacial score (nSPS) is 16.3. The maximum atomic E-state index is 12.8. The van der Waals surface area contributed by atoms with Gasteiger partial charge in [-0.05, 0) is 32.3 Å². The Morgan fingerprint density at radius 1 is 1.21 bits per heavy atom. The van der Waals surface area contributed by atoms with Gasteiger partial charge in [0.25, 0.3) is 5.56 Å². The molecule has 2 aromatic heterocycles. The van der Waals surface area contributed by atoms with E-state index in [4.69, 9.17) is 0 Å². The number of benzene rings is 1. The van der Waals surface area contributed by atoms with E-state index in [-0.39, 0.29) is 23.9 Å². The van der Waals surface area contributed by atoms with Crippen molar-refractivity contribution in [3.8, 4) is 0 Å². The fraction of sp³-hybridized carbons (Fsp3) is 0.381. The number of carbonyl (C=O) groups excluding carboxylic acids is 1. The molecule has 1 aliphatic rings. The van der Waals surface area contributed by atoms with Gasteiger partial charge in [-0.3, -0.25) is 9.59 Å². The van der Waals surface area contributed by atoms with Crippen molar-refractivity contribution < 1.29 is 9.42 Å². The number of rotatable bonds is 5. The third-order valence-electron chi connectivity index (χ3n) is 5.42. The molecule has 1 fully saturated rings. The van der Waals surface area contributed by atoms with Crippen molar-refractivity contribution >= 4 is 5.91 Å². The molecular weight excluding hydrogens is 370 g/mol. The van der Waals surface area contributed by atoms with Crippen molar-refractivity contribution in [2.24, 2.45) is 0 Å². The fourth-order valence-corrected chi connectivity index (χ4v) is 3.80. The molecular formula is C21H23N5O3. The molecule has 3 heterocycles. The second-order valence-corrected chi connectivity index (χ2v) is 7.40. The maximum absolute atomic E-state index is 12.8. The summed E-state index contributed by atoms with van der Waals surface area (Å²) in [5.41, 5.74) is 3.42. The molecule has 29 heavy (non-hydrogen) atoms. The van der Waals surface area contributed by atoms with E-state index in [2.05, 4.69) is 24.9 Å². The van der Waals surface area contributed by atoms with Crippen LogP contribution in [0, 0.1) is 13.8 Å². The summed E-state index contributed by atoms with van der Waals surface area (Å²) in [6, 6.07) is 9.60. The van der Waals surface area contributed by atoms with Gasteiger partial charge in [0.05, 0.1) is 12.5 Å². The zero-order valence-electron chi connectivity index (χ0n) is 16.5. The average Bonchev–Trinajstić information content (AvgIpc) is 3.35. The van der Waals surface area contributed by atoms with E-state index in [0.29, 0.717) is 41.4 Å². The summed E-state index contributed by atoms with van der Waals surface area (Å²) in [6.45, 7) is 4.24. The van der Waals surface area contributed by atoms with Crippen LogP contribution in [0.3, 0.4) is 0 Å². The van der Waals surface area contributed by atoms with E-state index in [1.165, 1.54) is 0 Å². The SMILES string of the molecule is Cc1nonc1CC(=O)N1CCC[C@@H]1c1nc(C)c(Cc2ccccc2)c(=O)[nH]1. The van der Waals surface area contributed by atoms with Crippen LogP contribution in [-0.4, -0.2) is 37.6 Å².